The normalized spacial score (nSPS) is 16.9. The number of piperazine rings is 1. The number of anilines is 1. The van der Waals surface area contributed by atoms with Crippen LogP contribution in [-0.2, 0) is 9.59 Å². The number of likely N-dealkylation sites (N-methyl/N-ethyl adjacent to an activating group) is 1. The topological polar surface area (TPSA) is 91.4 Å². The van der Waals surface area contributed by atoms with Gasteiger partial charge in [0.25, 0.3) is 11.8 Å². The number of ether oxygens (including phenoxy) is 2. The van der Waals surface area contributed by atoms with Crippen LogP contribution in [0, 0.1) is 5.92 Å². The van der Waals surface area contributed by atoms with Gasteiger partial charge in [0.1, 0.15) is 11.5 Å². The van der Waals surface area contributed by atoms with E-state index in [2.05, 4.69) is 10.2 Å². The summed E-state index contributed by atoms with van der Waals surface area (Å²) in [6.45, 7) is 4.00. The number of benzene rings is 2. The second-order valence-electron chi connectivity index (χ2n) is 9.26. The standard InChI is InChI=1S/C27H34N4O5/c1-29-14-16-31(17-15-29)27(34)21-8-9-24(35-2)23(18-21)28-26(33)20-10-12-30(13-11-20)25(32)19-36-22-6-4-3-5-7-22/h3-9,18,20H,10-17,19H2,1-2H3,(H,28,33). The zero-order valence-electron chi connectivity index (χ0n) is 20.9. The van der Waals surface area contributed by atoms with E-state index in [0.717, 1.165) is 13.1 Å². The summed E-state index contributed by atoms with van der Waals surface area (Å²) in [6, 6.07) is 14.4. The van der Waals surface area contributed by atoms with E-state index in [1.165, 1.54) is 7.11 Å². The van der Waals surface area contributed by atoms with E-state index in [4.69, 9.17) is 9.47 Å². The minimum Gasteiger partial charge on any atom is -0.495 e. The van der Waals surface area contributed by atoms with E-state index < -0.39 is 0 Å². The summed E-state index contributed by atoms with van der Waals surface area (Å²) in [4.78, 5) is 44.3. The Balaban J connectivity index is 1.31. The lowest BCUT2D eigenvalue weighted by Gasteiger charge is -2.32. The van der Waals surface area contributed by atoms with Crippen LogP contribution in [0.1, 0.15) is 23.2 Å². The van der Waals surface area contributed by atoms with Crippen LogP contribution in [0.25, 0.3) is 0 Å². The zero-order chi connectivity index (χ0) is 25.5. The third kappa shape index (κ3) is 6.34. The molecule has 3 amide bonds. The highest BCUT2D eigenvalue weighted by atomic mass is 16.5. The van der Waals surface area contributed by atoms with Crippen molar-refractivity contribution in [3.05, 3.63) is 54.1 Å². The minimum absolute atomic E-state index is 0.0216. The second kappa shape index (κ2) is 11.9. The molecule has 0 saturated carbocycles. The maximum Gasteiger partial charge on any atom is 0.260 e. The molecule has 2 fully saturated rings. The summed E-state index contributed by atoms with van der Waals surface area (Å²) in [5.41, 5.74) is 1.01. The van der Waals surface area contributed by atoms with Gasteiger partial charge < -0.3 is 29.5 Å². The molecule has 4 rings (SSSR count). The first-order valence-corrected chi connectivity index (χ1v) is 12.4. The van der Waals surface area contributed by atoms with Crippen LogP contribution in [-0.4, -0.2) is 92.5 Å². The van der Waals surface area contributed by atoms with Gasteiger partial charge in [0, 0.05) is 50.7 Å². The molecule has 2 aromatic carbocycles. The van der Waals surface area contributed by atoms with Gasteiger partial charge in [-0.3, -0.25) is 14.4 Å². The molecule has 2 aliphatic rings. The molecule has 0 unspecified atom stereocenters. The number of methoxy groups -OCH3 is 1. The number of likely N-dealkylation sites (tertiary alicyclic amines) is 1. The van der Waals surface area contributed by atoms with Crippen molar-refractivity contribution in [1.29, 1.82) is 0 Å². The van der Waals surface area contributed by atoms with E-state index in [1.54, 1.807) is 23.1 Å². The summed E-state index contributed by atoms with van der Waals surface area (Å²) in [5.74, 6) is 0.655. The number of rotatable bonds is 7. The smallest absolute Gasteiger partial charge is 0.260 e. The highest BCUT2D eigenvalue weighted by Gasteiger charge is 2.28. The molecular weight excluding hydrogens is 460 g/mol. The number of carbonyl (C=O) groups is 3. The number of nitrogens with one attached hydrogen (secondary N) is 1. The molecule has 9 heteroatoms. The first-order valence-electron chi connectivity index (χ1n) is 12.4. The van der Waals surface area contributed by atoms with Crippen LogP contribution in [0.4, 0.5) is 5.69 Å². The second-order valence-corrected chi connectivity index (χ2v) is 9.26. The Hall–Kier alpha value is -3.59. The van der Waals surface area contributed by atoms with E-state index in [1.807, 2.05) is 42.3 Å². The van der Waals surface area contributed by atoms with Crippen LogP contribution >= 0.6 is 0 Å². The number of para-hydroxylation sites is 1. The zero-order valence-corrected chi connectivity index (χ0v) is 20.9. The van der Waals surface area contributed by atoms with Gasteiger partial charge in [-0.15, -0.1) is 0 Å². The van der Waals surface area contributed by atoms with Crippen LogP contribution in [0.15, 0.2) is 48.5 Å². The molecular formula is C27H34N4O5. The largest absolute Gasteiger partial charge is 0.495 e. The molecule has 0 spiro atoms. The Labute approximate surface area is 211 Å². The molecule has 0 radical (unpaired) electrons. The molecule has 9 nitrogen and oxygen atoms in total. The van der Waals surface area contributed by atoms with Crippen molar-refractivity contribution in [3.63, 3.8) is 0 Å². The predicted molar refractivity (Wildman–Crippen MR) is 136 cm³/mol. The van der Waals surface area contributed by atoms with Gasteiger partial charge in [-0.05, 0) is 50.2 Å². The number of amides is 3. The fourth-order valence-corrected chi connectivity index (χ4v) is 4.51. The van der Waals surface area contributed by atoms with Crippen molar-refractivity contribution in [1.82, 2.24) is 14.7 Å². The van der Waals surface area contributed by atoms with Crippen molar-refractivity contribution >= 4 is 23.4 Å². The third-order valence-electron chi connectivity index (χ3n) is 6.82. The van der Waals surface area contributed by atoms with Crippen molar-refractivity contribution in [2.24, 2.45) is 5.92 Å². The average Bonchev–Trinajstić information content (AvgIpc) is 2.92. The molecule has 0 aromatic heterocycles. The molecule has 2 saturated heterocycles. The van der Waals surface area contributed by atoms with Crippen molar-refractivity contribution in [2.45, 2.75) is 12.8 Å². The van der Waals surface area contributed by atoms with Crippen LogP contribution in [0.2, 0.25) is 0 Å². The predicted octanol–water partition coefficient (Wildman–Crippen LogP) is 2.34. The molecule has 1 N–H and O–H groups in total. The van der Waals surface area contributed by atoms with Gasteiger partial charge in [-0.25, -0.2) is 0 Å². The Morgan fingerprint density at radius 1 is 0.917 bits per heavy atom. The number of nitrogens with zero attached hydrogens (tertiary/aromatic N) is 3. The molecule has 2 aliphatic heterocycles. The highest BCUT2D eigenvalue weighted by Crippen LogP contribution is 2.28. The lowest BCUT2D eigenvalue weighted by molar-refractivity contribution is -0.136. The first-order chi connectivity index (χ1) is 17.4. The van der Waals surface area contributed by atoms with Crippen molar-refractivity contribution in [3.8, 4) is 11.5 Å². The molecule has 0 aliphatic carbocycles. The van der Waals surface area contributed by atoms with Crippen LogP contribution in [0.5, 0.6) is 11.5 Å². The Bertz CT molecular complexity index is 1060. The van der Waals surface area contributed by atoms with Gasteiger partial charge in [-0.2, -0.15) is 0 Å². The Morgan fingerprint density at radius 3 is 2.28 bits per heavy atom. The van der Waals surface area contributed by atoms with E-state index in [0.29, 0.717) is 61.8 Å². The maximum absolute atomic E-state index is 13.0. The van der Waals surface area contributed by atoms with Gasteiger partial charge >= 0.3 is 0 Å². The summed E-state index contributed by atoms with van der Waals surface area (Å²) in [6.07, 6.45) is 1.12. The SMILES string of the molecule is COc1ccc(C(=O)N2CCN(C)CC2)cc1NC(=O)C1CCN(C(=O)COc2ccccc2)CC1. The fraction of sp³-hybridized carbons (Fsp3) is 0.444. The van der Waals surface area contributed by atoms with Gasteiger partial charge in [0.05, 0.1) is 12.8 Å². The van der Waals surface area contributed by atoms with Crippen molar-refractivity contribution < 1.29 is 23.9 Å². The molecule has 36 heavy (non-hydrogen) atoms. The summed E-state index contributed by atoms with van der Waals surface area (Å²) < 4.78 is 11.0. The first kappa shape index (κ1) is 25.5. The average molecular weight is 495 g/mol. The summed E-state index contributed by atoms with van der Waals surface area (Å²) in [7, 11) is 3.58. The lowest BCUT2D eigenvalue weighted by atomic mass is 9.95. The van der Waals surface area contributed by atoms with E-state index in [-0.39, 0.29) is 30.2 Å². The maximum atomic E-state index is 13.0. The van der Waals surface area contributed by atoms with Gasteiger partial charge in [-0.1, -0.05) is 18.2 Å². The van der Waals surface area contributed by atoms with E-state index >= 15 is 0 Å². The third-order valence-corrected chi connectivity index (χ3v) is 6.82. The van der Waals surface area contributed by atoms with E-state index in [9.17, 15) is 14.4 Å². The van der Waals surface area contributed by atoms with Gasteiger partial charge in [0.2, 0.25) is 5.91 Å². The van der Waals surface area contributed by atoms with Crippen LogP contribution in [0.3, 0.4) is 0 Å². The monoisotopic (exact) mass is 494 g/mol. The Kier molecular flexibility index (Phi) is 8.43. The molecule has 2 heterocycles. The Morgan fingerprint density at radius 2 is 1.61 bits per heavy atom. The number of piperidine rings is 1. The fourth-order valence-electron chi connectivity index (χ4n) is 4.51. The molecule has 0 bridgehead atoms. The van der Waals surface area contributed by atoms with Gasteiger partial charge in [0.15, 0.2) is 6.61 Å². The summed E-state index contributed by atoms with van der Waals surface area (Å²) >= 11 is 0. The number of carbonyl (C=O) groups excluding carboxylic acids is 3. The number of hydrogen-bond acceptors (Lipinski definition) is 6. The minimum atomic E-state index is -0.231. The molecule has 0 atom stereocenters. The number of hydrogen-bond donors (Lipinski definition) is 1. The molecule has 192 valence electrons. The van der Waals surface area contributed by atoms with Crippen LogP contribution < -0.4 is 14.8 Å². The quantitative estimate of drug-likeness (QED) is 0.636. The highest BCUT2D eigenvalue weighted by molar-refractivity contribution is 5.99. The summed E-state index contributed by atoms with van der Waals surface area (Å²) in [5, 5.41) is 2.96. The lowest BCUT2D eigenvalue weighted by Crippen LogP contribution is -2.47. The van der Waals surface area contributed by atoms with Crippen molar-refractivity contribution in [2.75, 3.05) is 65.3 Å². The molecule has 2 aromatic rings.